The van der Waals surface area contributed by atoms with Crippen molar-refractivity contribution in [2.24, 2.45) is 0 Å². The van der Waals surface area contributed by atoms with Gasteiger partial charge in [0, 0.05) is 6.42 Å². The lowest BCUT2D eigenvalue weighted by molar-refractivity contribution is -0.0692. The van der Waals surface area contributed by atoms with Crippen molar-refractivity contribution in [3.05, 3.63) is 71.8 Å². The van der Waals surface area contributed by atoms with E-state index in [4.69, 9.17) is 4.84 Å². The summed E-state index contributed by atoms with van der Waals surface area (Å²) in [6.45, 7) is 1.73. The van der Waals surface area contributed by atoms with Gasteiger partial charge in [0.1, 0.15) is 0 Å². The van der Waals surface area contributed by atoms with Crippen LogP contribution in [0.4, 0.5) is 0 Å². The van der Waals surface area contributed by atoms with E-state index in [0.29, 0.717) is 19.3 Å². The van der Waals surface area contributed by atoms with E-state index >= 15 is 0 Å². The number of hydrogen-bond donors (Lipinski definition) is 0. The molecule has 0 bridgehead atoms. The monoisotopic (exact) mass is 385 g/mol. The molecule has 0 heterocycles. The molecule has 0 saturated carbocycles. The second-order valence-corrected chi connectivity index (χ2v) is 7.90. The van der Waals surface area contributed by atoms with Gasteiger partial charge in [-0.1, -0.05) is 48.5 Å². The number of sulfonamides is 1. The molecule has 0 spiro atoms. The van der Waals surface area contributed by atoms with E-state index in [-0.39, 0.29) is 5.56 Å². The number of hydroxylamine groups is 1. The van der Waals surface area contributed by atoms with Crippen molar-refractivity contribution in [2.75, 3.05) is 6.26 Å². The van der Waals surface area contributed by atoms with Crippen molar-refractivity contribution in [1.82, 2.24) is 4.47 Å². The van der Waals surface area contributed by atoms with Crippen molar-refractivity contribution in [1.29, 1.82) is 0 Å². The number of carbonyl (C=O) groups excluding carboxylic acids is 1. The molecule has 0 aliphatic heterocycles. The van der Waals surface area contributed by atoms with E-state index < -0.39 is 22.0 Å². The van der Waals surface area contributed by atoms with Crippen molar-refractivity contribution >= 4 is 16.0 Å². The second-order valence-electron chi connectivity index (χ2n) is 6.07. The molecule has 0 aromatic heterocycles. The predicted molar refractivity (Wildman–Crippen MR) is 105 cm³/mol. The quantitative estimate of drug-likeness (QED) is 0.516. The first-order chi connectivity index (χ1) is 12.9. The molecule has 0 aliphatic rings. The summed E-state index contributed by atoms with van der Waals surface area (Å²) < 4.78 is 25.6. The molecule has 1 atom stereocenters. The molecule has 0 fully saturated rings. The Kier molecular flexibility index (Phi) is 7.59. The van der Waals surface area contributed by atoms with E-state index in [1.54, 1.807) is 37.3 Å². The van der Waals surface area contributed by atoms with E-state index in [9.17, 15) is 13.2 Å². The fourth-order valence-corrected chi connectivity index (χ4v) is 3.58. The van der Waals surface area contributed by atoms with Gasteiger partial charge in [-0.2, -0.15) is 0 Å². The standard InChI is InChI=1S/C21H23NO4S/c1-3-4-7-16-20(17-18-12-8-5-9-13-18)22(27(2,24)25)26-21(23)19-14-10-6-11-15-19/h5-6,8-15,20H,7,16-17H2,1-2H3. The second kappa shape index (κ2) is 9.91. The molecule has 2 aromatic rings. The first-order valence-electron chi connectivity index (χ1n) is 8.62. The number of carbonyl (C=O) groups is 1. The van der Waals surface area contributed by atoms with Crippen LogP contribution in [-0.2, 0) is 21.3 Å². The van der Waals surface area contributed by atoms with Crippen molar-refractivity contribution in [3.8, 4) is 11.8 Å². The molecular weight excluding hydrogens is 362 g/mol. The Balaban J connectivity index is 2.28. The number of benzene rings is 2. The summed E-state index contributed by atoms with van der Waals surface area (Å²) in [6.07, 6.45) is 2.41. The van der Waals surface area contributed by atoms with Crippen LogP contribution in [0, 0.1) is 11.8 Å². The molecule has 0 saturated heterocycles. The van der Waals surface area contributed by atoms with Gasteiger partial charge in [-0.05, 0) is 41.9 Å². The molecule has 0 aliphatic carbocycles. The molecule has 1 unspecified atom stereocenters. The van der Waals surface area contributed by atoms with Crippen molar-refractivity contribution in [2.45, 2.75) is 32.2 Å². The van der Waals surface area contributed by atoms with Gasteiger partial charge in [0.15, 0.2) is 0 Å². The third-order valence-electron chi connectivity index (χ3n) is 3.90. The fourth-order valence-electron chi connectivity index (χ4n) is 2.65. The van der Waals surface area contributed by atoms with Crippen LogP contribution in [0.1, 0.15) is 35.7 Å². The van der Waals surface area contributed by atoms with Gasteiger partial charge in [-0.3, -0.25) is 0 Å². The number of nitrogens with zero attached hydrogens (tertiary/aromatic N) is 1. The first-order valence-corrected chi connectivity index (χ1v) is 10.5. The lowest BCUT2D eigenvalue weighted by Crippen LogP contribution is -2.42. The lowest BCUT2D eigenvalue weighted by Gasteiger charge is -2.27. The summed E-state index contributed by atoms with van der Waals surface area (Å²) >= 11 is 0. The minimum absolute atomic E-state index is 0.290. The van der Waals surface area contributed by atoms with Crippen molar-refractivity contribution < 1.29 is 18.0 Å². The summed E-state index contributed by atoms with van der Waals surface area (Å²) in [7, 11) is -3.78. The van der Waals surface area contributed by atoms with Crippen LogP contribution in [-0.4, -0.2) is 31.2 Å². The molecule has 27 heavy (non-hydrogen) atoms. The highest BCUT2D eigenvalue weighted by atomic mass is 32.2. The average Bonchev–Trinajstić information content (AvgIpc) is 2.66. The maximum absolute atomic E-state index is 12.4. The third-order valence-corrected chi connectivity index (χ3v) is 4.93. The van der Waals surface area contributed by atoms with Gasteiger partial charge in [-0.15, -0.1) is 11.8 Å². The first kappa shape index (κ1) is 20.7. The van der Waals surface area contributed by atoms with Crippen LogP contribution in [0.25, 0.3) is 0 Å². The van der Waals surface area contributed by atoms with E-state index in [2.05, 4.69) is 11.8 Å². The zero-order valence-corrected chi connectivity index (χ0v) is 16.3. The largest absolute Gasteiger partial charge is 0.357 e. The highest BCUT2D eigenvalue weighted by Crippen LogP contribution is 2.19. The summed E-state index contributed by atoms with van der Waals surface area (Å²) in [4.78, 5) is 17.8. The lowest BCUT2D eigenvalue weighted by atomic mass is 10.0. The van der Waals surface area contributed by atoms with E-state index in [1.807, 2.05) is 30.3 Å². The predicted octanol–water partition coefficient (Wildman–Crippen LogP) is 3.43. The summed E-state index contributed by atoms with van der Waals surface area (Å²) in [5, 5.41) is 0. The molecular formula is C21H23NO4S. The topological polar surface area (TPSA) is 63.7 Å². The Morgan fingerprint density at radius 2 is 1.67 bits per heavy atom. The van der Waals surface area contributed by atoms with E-state index in [1.165, 1.54) is 0 Å². The Bertz CT molecular complexity index is 899. The molecule has 0 radical (unpaired) electrons. The van der Waals surface area contributed by atoms with Crippen LogP contribution in [0.15, 0.2) is 60.7 Å². The summed E-state index contributed by atoms with van der Waals surface area (Å²) in [5.74, 6) is 5.04. The fraction of sp³-hybridized carbons (Fsp3) is 0.286. The van der Waals surface area contributed by atoms with Crippen LogP contribution in [0.3, 0.4) is 0 Å². The number of rotatable bonds is 8. The van der Waals surface area contributed by atoms with Gasteiger partial charge in [-0.25, -0.2) is 13.2 Å². The molecule has 2 aromatic carbocycles. The van der Waals surface area contributed by atoms with Crippen LogP contribution >= 0.6 is 0 Å². The molecule has 5 nitrogen and oxygen atoms in total. The van der Waals surface area contributed by atoms with Gasteiger partial charge < -0.3 is 4.84 Å². The smallest absolute Gasteiger partial charge is 0.348 e. The highest BCUT2D eigenvalue weighted by molar-refractivity contribution is 7.88. The molecule has 0 N–H and O–H groups in total. The Labute approximate surface area is 161 Å². The SMILES string of the molecule is CC#CCCC(Cc1ccccc1)N(OC(=O)c1ccccc1)S(C)(=O)=O. The average molecular weight is 385 g/mol. The Morgan fingerprint density at radius 3 is 2.22 bits per heavy atom. The summed E-state index contributed by atoms with van der Waals surface area (Å²) in [5.41, 5.74) is 1.24. The van der Waals surface area contributed by atoms with E-state index in [0.717, 1.165) is 16.3 Å². The highest BCUT2D eigenvalue weighted by Gasteiger charge is 2.31. The van der Waals surface area contributed by atoms with Crippen molar-refractivity contribution in [3.63, 3.8) is 0 Å². The van der Waals surface area contributed by atoms with Crippen LogP contribution in [0.5, 0.6) is 0 Å². The Hall–Kier alpha value is -2.62. The molecule has 6 heteroatoms. The van der Waals surface area contributed by atoms with Gasteiger partial charge >= 0.3 is 5.97 Å². The summed E-state index contributed by atoms with van der Waals surface area (Å²) in [6, 6.07) is 17.3. The van der Waals surface area contributed by atoms with Gasteiger partial charge in [0.2, 0.25) is 10.0 Å². The molecule has 2 rings (SSSR count). The minimum atomic E-state index is -3.78. The minimum Gasteiger partial charge on any atom is -0.348 e. The zero-order valence-electron chi connectivity index (χ0n) is 15.5. The molecule has 142 valence electrons. The van der Waals surface area contributed by atoms with Crippen LogP contribution in [0.2, 0.25) is 0 Å². The van der Waals surface area contributed by atoms with Gasteiger partial charge in [0.25, 0.3) is 0 Å². The van der Waals surface area contributed by atoms with Crippen LogP contribution < -0.4 is 0 Å². The third kappa shape index (κ3) is 6.55. The number of hydrogen-bond acceptors (Lipinski definition) is 4. The maximum Gasteiger partial charge on any atom is 0.357 e. The molecule has 0 amide bonds. The maximum atomic E-state index is 12.4. The zero-order chi connectivity index (χ0) is 19.7. The Morgan fingerprint density at radius 1 is 1.07 bits per heavy atom. The normalized spacial score (nSPS) is 12.1. The van der Waals surface area contributed by atoms with Gasteiger partial charge in [0.05, 0.1) is 17.9 Å².